The van der Waals surface area contributed by atoms with Crippen molar-refractivity contribution in [2.45, 2.75) is 58.3 Å². The van der Waals surface area contributed by atoms with E-state index in [9.17, 15) is 18.0 Å². The molecule has 33 heavy (non-hydrogen) atoms. The van der Waals surface area contributed by atoms with E-state index in [1.807, 2.05) is 18.2 Å². The van der Waals surface area contributed by atoms with Crippen LogP contribution in [0.4, 0.5) is 18.9 Å². The summed E-state index contributed by atoms with van der Waals surface area (Å²) in [6, 6.07) is 1.06. The average molecular weight is 458 g/mol. The SMILES string of the molecule is CC/C=C/C/C=C/C/C=C/C/C=C/C/C=C/C/C=C/CCC(=O)Nc1c(F)cc(F)cc1F. The highest BCUT2D eigenvalue weighted by atomic mass is 19.1. The zero-order valence-corrected chi connectivity index (χ0v) is 19.3. The van der Waals surface area contributed by atoms with Gasteiger partial charge in [0.25, 0.3) is 0 Å². The molecule has 178 valence electrons. The third kappa shape index (κ3) is 14.6. The number of hydrogen-bond donors (Lipinski definition) is 1. The summed E-state index contributed by atoms with van der Waals surface area (Å²) in [7, 11) is 0. The molecular formula is C28H34F3NO. The van der Waals surface area contributed by atoms with E-state index in [2.05, 4.69) is 66.9 Å². The van der Waals surface area contributed by atoms with Gasteiger partial charge in [-0.15, -0.1) is 0 Å². The molecule has 1 amide bonds. The molecule has 0 aliphatic rings. The Morgan fingerprint density at radius 1 is 0.697 bits per heavy atom. The quantitative estimate of drug-likeness (QED) is 0.263. The van der Waals surface area contributed by atoms with Crippen LogP contribution in [0.2, 0.25) is 0 Å². The first kappa shape index (κ1) is 28.0. The third-order valence-electron chi connectivity index (χ3n) is 4.41. The minimum Gasteiger partial charge on any atom is -0.321 e. The topological polar surface area (TPSA) is 29.1 Å². The minimum atomic E-state index is -1.13. The number of hydrogen-bond acceptors (Lipinski definition) is 1. The van der Waals surface area contributed by atoms with Gasteiger partial charge in [0, 0.05) is 18.6 Å². The molecule has 0 radical (unpaired) electrons. The molecule has 1 N–H and O–H groups in total. The molecule has 0 spiro atoms. The lowest BCUT2D eigenvalue weighted by atomic mass is 10.2. The number of rotatable bonds is 15. The molecule has 0 fully saturated rings. The second-order valence-electron chi connectivity index (χ2n) is 7.25. The summed E-state index contributed by atoms with van der Waals surface area (Å²) in [5, 5.41) is 2.14. The van der Waals surface area contributed by atoms with Crippen molar-refractivity contribution in [3.05, 3.63) is 102 Å². The Bertz CT molecular complexity index is 856. The Morgan fingerprint density at radius 3 is 1.52 bits per heavy atom. The molecule has 1 rings (SSSR count). The van der Waals surface area contributed by atoms with Gasteiger partial charge in [-0.3, -0.25) is 4.79 Å². The zero-order valence-electron chi connectivity index (χ0n) is 19.3. The largest absolute Gasteiger partial charge is 0.321 e. The maximum atomic E-state index is 13.5. The van der Waals surface area contributed by atoms with Crippen LogP contribution in [0.1, 0.15) is 58.3 Å². The molecule has 0 aliphatic carbocycles. The highest BCUT2D eigenvalue weighted by molar-refractivity contribution is 5.91. The predicted octanol–water partition coefficient (Wildman–Crippen LogP) is 8.52. The molecule has 1 aromatic carbocycles. The van der Waals surface area contributed by atoms with Gasteiger partial charge in [-0.1, -0.05) is 79.8 Å². The van der Waals surface area contributed by atoms with Crippen LogP contribution in [-0.4, -0.2) is 5.91 Å². The van der Waals surface area contributed by atoms with Crippen molar-refractivity contribution >= 4 is 11.6 Å². The summed E-state index contributed by atoms with van der Waals surface area (Å²) >= 11 is 0. The molecule has 2 nitrogen and oxygen atoms in total. The van der Waals surface area contributed by atoms with Crippen molar-refractivity contribution in [1.82, 2.24) is 0 Å². The van der Waals surface area contributed by atoms with Gasteiger partial charge in [-0.05, 0) is 44.9 Å². The van der Waals surface area contributed by atoms with Gasteiger partial charge in [0.2, 0.25) is 5.91 Å². The van der Waals surface area contributed by atoms with Gasteiger partial charge < -0.3 is 5.32 Å². The van der Waals surface area contributed by atoms with Crippen LogP contribution in [-0.2, 0) is 4.79 Å². The lowest BCUT2D eigenvalue weighted by Crippen LogP contribution is -2.13. The van der Waals surface area contributed by atoms with Crippen molar-refractivity contribution in [2.24, 2.45) is 0 Å². The van der Waals surface area contributed by atoms with Crippen molar-refractivity contribution < 1.29 is 18.0 Å². The van der Waals surface area contributed by atoms with E-state index in [0.29, 0.717) is 18.6 Å². The normalized spacial score (nSPS) is 12.6. The molecule has 0 bridgehead atoms. The van der Waals surface area contributed by atoms with E-state index in [1.54, 1.807) is 0 Å². The van der Waals surface area contributed by atoms with Gasteiger partial charge in [-0.25, -0.2) is 13.2 Å². The first-order valence-corrected chi connectivity index (χ1v) is 11.4. The summed E-state index contributed by atoms with van der Waals surface area (Å²) < 4.78 is 39.9. The van der Waals surface area contributed by atoms with Crippen LogP contribution in [0.3, 0.4) is 0 Å². The molecule has 5 heteroatoms. The molecule has 0 saturated carbocycles. The fourth-order valence-electron chi connectivity index (χ4n) is 2.72. The van der Waals surface area contributed by atoms with Gasteiger partial charge in [0.15, 0.2) is 11.6 Å². The van der Waals surface area contributed by atoms with E-state index in [0.717, 1.165) is 38.5 Å². The maximum Gasteiger partial charge on any atom is 0.224 e. The zero-order chi connectivity index (χ0) is 24.2. The molecule has 0 aromatic heterocycles. The predicted molar refractivity (Wildman–Crippen MR) is 132 cm³/mol. The van der Waals surface area contributed by atoms with Gasteiger partial charge >= 0.3 is 0 Å². The summed E-state index contributed by atoms with van der Waals surface area (Å²) in [6.07, 6.45) is 31.3. The van der Waals surface area contributed by atoms with E-state index in [4.69, 9.17) is 0 Å². The first-order chi connectivity index (χ1) is 16.0. The lowest BCUT2D eigenvalue weighted by Gasteiger charge is -2.07. The second kappa shape index (κ2) is 18.5. The number of nitrogens with one attached hydrogen (secondary N) is 1. The molecule has 0 atom stereocenters. The Balaban J connectivity index is 2.10. The Hall–Kier alpha value is -3.08. The number of allylic oxidation sites excluding steroid dienone is 12. The third-order valence-corrected chi connectivity index (χ3v) is 4.41. The molecule has 0 heterocycles. The summed E-state index contributed by atoms with van der Waals surface area (Å²) in [6.45, 7) is 2.13. The number of halogens is 3. The summed E-state index contributed by atoms with van der Waals surface area (Å²) in [4.78, 5) is 11.8. The van der Waals surface area contributed by atoms with Crippen LogP contribution >= 0.6 is 0 Å². The van der Waals surface area contributed by atoms with E-state index in [1.165, 1.54) is 0 Å². The van der Waals surface area contributed by atoms with E-state index in [-0.39, 0.29) is 6.42 Å². The van der Waals surface area contributed by atoms with Crippen LogP contribution in [0.15, 0.2) is 85.0 Å². The summed E-state index contributed by atoms with van der Waals surface area (Å²) in [5.74, 6) is -3.82. The van der Waals surface area contributed by atoms with Crippen LogP contribution in [0.25, 0.3) is 0 Å². The summed E-state index contributed by atoms with van der Waals surface area (Å²) in [5.41, 5.74) is -0.621. The number of carbonyl (C=O) groups excluding carboxylic acids is 1. The van der Waals surface area contributed by atoms with Crippen molar-refractivity contribution in [2.75, 3.05) is 5.32 Å². The van der Waals surface area contributed by atoms with Crippen LogP contribution in [0.5, 0.6) is 0 Å². The van der Waals surface area contributed by atoms with Gasteiger partial charge in [0.1, 0.15) is 11.5 Å². The molecule has 0 unspecified atom stereocenters. The number of carbonyl (C=O) groups is 1. The second-order valence-corrected chi connectivity index (χ2v) is 7.25. The first-order valence-electron chi connectivity index (χ1n) is 11.4. The van der Waals surface area contributed by atoms with Crippen LogP contribution in [0, 0.1) is 17.5 Å². The number of amides is 1. The monoisotopic (exact) mass is 457 g/mol. The maximum absolute atomic E-state index is 13.5. The Kier molecular flexibility index (Phi) is 15.7. The molecule has 1 aromatic rings. The van der Waals surface area contributed by atoms with Crippen molar-refractivity contribution in [3.63, 3.8) is 0 Å². The van der Waals surface area contributed by atoms with Crippen LogP contribution < -0.4 is 5.32 Å². The van der Waals surface area contributed by atoms with Crippen molar-refractivity contribution in [3.8, 4) is 0 Å². The van der Waals surface area contributed by atoms with E-state index >= 15 is 0 Å². The molecule has 0 aliphatic heterocycles. The van der Waals surface area contributed by atoms with Gasteiger partial charge in [-0.2, -0.15) is 0 Å². The number of benzene rings is 1. The highest BCUT2D eigenvalue weighted by Crippen LogP contribution is 2.20. The standard InChI is InChI=1S/C28H34F3NO/c1-2-3-4-5-6-7-8-9-10-11-12-13-14-15-16-17-18-19-20-21-27(33)32-28-25(30)22-24(29)23-26(28)31/h3-4,6-7,9-10,12-13,15-16,18-19,22-23H,2,5,8,11,14,17,20-21H2,1H3,(H,32,33)/b4-3+,7-6+,10-9+,13-12+,16-15+,19-18+. The Morgan fingerprint density at radius 2 is 1.09 bits per heavy atom. The van der Waals surface area contributed by atoms with Crippen molar-refractivity contribution in [1.29, 1.82) is 0 Å². The minimum absolute atomic E-state index is 0.0818. The molecular weight excluding hydrogens is 423 g/mol. The van der Waals surface area contributed by atoms with E-state index < -0.39 is 29.0 Å². The Labute approximate surface area is 196 Å². The highest BCUT2D eigenvalue weighted by Gasteiger charge is 2.13. The fraction of sp³-hybridized carbons (Fsp3) is 0.321. The smallest absolute Gasteiger partial charge is 0.224 e. The molecule has 0 saturated heterocycles. The average Bonchev–Trinajstić information content (AvgIpc) is 2.77. The van der Waals surface area contributed by atoms with Gasteiger partial charge in [0.05, 0.1) is 0 Å². The fourth-order valence-corrected chi connectivity index (χ4v) is 2.72. The number of anilines is 1. The lowest BCUT2D eigenvalue weighted by molar-refractivity contribution is -0.116.